The number of halogens is 1. The van der Waals surface area contributed by atoms with Crippen molar-refractivity contribution < 1.29 is 38.1 Å². The monoisotopic (exact) mass is 748 g/mol. The maximum Gasteiger partial charge on any atom is 0.338 e. The Bertz CT molecular complexity index is 1720. The lowest BCUT2D eigenvalue weighted by atomic mass is 10.0. The minimum atomic E-state index is -4.93. The van der Waals surface area contributed by atoms with Crippen LogP contribution in [0.25, 0.3) is 11.3 Å². The van der Waals surface area contributed by atoms with Gasteiger partial charge in [0.25, 0.3) is 0 Å². The zero-order valence-electron chi connectivity index (χ0n) is 27.8. The Labute approximate surface area is 296 Å². The molecule has 1 saturated heterocycles. The van der Waals surface area contributed by atoms with Crippen molar-refractivity contribution in [3.8, 4) is 11.3 Å². The van der Waals surface area contributed by atoms with Gasteiger partial charge in [-0.1, -0.05) is 42.4 Å². The van der Waals surface area contributed by atoms with Crippen LogP contribution in [0, 0.1) is 0 Å². The molecule has 5 N–H and O–H groups in total. The number of carbonyl (C=O) groups excluding carboxylic acids is 2. The lowest BCUT2D eigenvalue weighted by Crippen LogP contribution is -2.47. The van der Waals surface area contributed by atoms with E-state index in [-0.39, 0.29) is 18.8 Å². The van der Waals surface area contributed by atoms with Crippen LogP contribution >= 0.6 is 26.6 Å². The van der Waals surface area contributed by atoms with Gasteiger partial charge >= 0.3 is 13.6 Å². The zero-order valence-corrected chi connectivity index (χ0v) is 30.3. The van der Waals surface area contributed by atoms with Crippen molar-refractivity contribution in [2.24, 2.45) is 0 Å². The third kappa shape index (κ3) is 12.4. The Morgan fingerprint density at radius 3 is 2.40 bits per heavy atom. The molecule has 14 nitrogen and oxygen atoms in total. The number of benzene rings is 2. The van der Waals surface area contributed by atoms with Gasteiger partial charge in [-0.2, -0.15) is 0 Å². The molecule has 0 spiro atoms. The first-order valence-electron chi connectivity index (χ1n) is 16.0. The van der Waals surface area contributed by atoms with Gasteiger partial charge in [0.2, 0.25) is 13.3 Å². The molecule has 2 unspecified atom stereocenters. The highest BCUT2D eigenvalue weighted by molar-refractivity contribution is 7.73. The van der Waals surface area contributed by atoms with E-state index in [1.165, 1.54) is 6.08 Å². The second-order valence-electron chi connectivity index (χ2n) is 12.0. The summed E-state index contributed by atoms with van der Waals surface area (Å²) in [6, 6.07) is 15.3. The van der Waals surface area contributed by atoms with Gasteiger partial charge in [0.1, 0.15) is 12.0 Å². The second-order valence-corrected chi connectivity index (χ2v) is 17.2. The van der Waals surface area contributed by atoms with Gasteiger partial charge in [0, 0.05) is 69.3 Å². The smallest absolute Gasteiger partial charge is 0.338 e. The van der Waals surface area contributed by atoms with Crippen LogP contribution in [-0.2, 0) is 29.9 Å². The summed E-state index contributed by atoms with van der Waals surface area (Å²) in [5.41, 5.74) is 3.91. The average molecular weight is 749 g/mol. The minimum Gasteiger partial charge on any atom is -0.464 e. The number of piperazine rings is 1. The van der Waals surface area contributed by atoms with Crippen LogP contribution < -0.4 is 10.6 Å². The van der Waals surface area contributed by atoms with Crippen molar-refractivity contribution in [1.82, 2.24) is 19.8 Å². The number of ketones is 1. The van der Waals surface area contributed by atoms with Gasteiger partial charge in [0.05, 0.1) is 23.3 Å². The molecule has 0 amide bonds. The van der Waals surface area contributed by atoms with Gasteiger partial charge in [-0.25, -0.2) is 9.97 Å². The summed E-state index contributed by atoms with van der Waals surface area (Å²) in [5.74, 6) is -0.596. The fourth-order valence-corrected chi connectivity index (χ4v) is 8.71. The molecule has 1 aromatic heterocycles. The molecule has 2 atom stereocenters. The summed E-state index contributed by atoms with van der Waals surface area (Å²) in [7, 11) is -9.12. The lowest BCUT2D eigenvalue weighted by Gasteiger charge is -2.34. The zero-order chi connectivity index (χ0) is 36.3. The molecule has 0 radical (unpaired) electrons. The van der Waals surface area contributed by atoms with E-state index in [9.17, 15) is 33.4 Å². The SMILES string of the molecule is C=CC(=O)Cc1cccc(-c2nc(Nc3cccc(NCCCN4CCN(CCOC(=O)CC(P(C)(=O)O)P(=O)(O)O)CC4)c3)ncc2Cl)c1. The Hall–Kier alpha value is -3.45. The molecule has 0 saturated carbocycles. The number of hydrogen-bond acceptors (Lipinski definition) is 11. The van der Waals surface area contributed by atoms with Gasteiger partial charge in [-0.05, 0) is 48.9 Å². The van der Waals surface area contributed by atoms with Crippen LogP contribution in [0.1, 0.15) is 18.4 Å². The summed E-state index contributed by atoms with van der Waals surface area (Å²) in [6.07, 6.45) is 3.21. The molecule has 1 aliphatic rings. The minimum absolute atomic E-state index is 0.0305. The number of hydrogen-bond donors (Lipinski definition) is 5. The van der Waals surface area contributed by atoms with E-state index >= 15 is 0 Å². The second kappa shape index (κ2) is 18.2. The molecular formula is C33H43ClN6O8P2. The summed E-state index contributed by atoms with van der Waals surface area (Å²) in [6.45, 7) is 9.76. The van der Waals surface area contributed by atoms with Crippen LogP contribution in [0.15, 0.2) is 67.4 Å². The van der Waals surface area contributed by atoms with Crippen LogP contribution in [-0.4, -0.2) is 111 Å². The number of esters is 1. The first-order valence-corrected chi connectivity index (χ1v) is 20.3. The van der Waals surface area contributed by atoms with Gasteiger partial charge < -0.3 is 35.0 Å². The molecule has 0 bridgehead atoms. The molecule has 4 rings (SSSR count). The number of rotatable bonds is 18. The summed E-state index contributed by atoms with van der Waals surface area (Å²) >= 11 is 6.44. The Balaban J connectivity index is 1.17. The predicted molar refractivity (Wildman–Crippen MR) is 194 cm³/mol. The molecule has 1 fully saturated rings. The first-order chi connectivity index (χ1) is 23.7. The Morgan fingerprint density at radius 2 is 1.72 bits per heavy atom. The molecule has 50 heavy (non-hydrogen) atoms. The van der Waals surface area contributed by atoms with Crippen molar-refractivity contribution in [3.05, 3.63) is 78.0 Å². The number of nitrogens with zero attached hydrogens (tertiary/aromatic N) is 4. The quantitative estimate of drug-likeness (QED) is 0.0524. The Morgan fingerprint density at radius 1 is 1.04 bits per heavy atom. The highest BCUT2D eigenvalue weighted by Crippen LogP contribution is 2.61. The number of anilines is 3. The maximum atomic E-state index is 12.1. The topological polar surface area (TPSA) is 195 Å². The van der Waals surface area contributed by atoms with Gasteiger partial charge in [-0.3, -0.25) is 23.6 Å². The van der Waals surface area contributed by atoms with Crippen molar-refractivity contribution in [1.29, 1.82) is 0 Å². The Kier molecular flexibility index (Phi) is 14.3. The molecular weight excluding hydrogens is 706 g/mol. The third-order valence-corrected chi connectivity index (χ3v) is 12.8. The summed E-state index contributed by atoms with van der Waals surface area (Å²) in [4.78, 5) is 65.6. The van der Waals surface area contributed by atoms with Crippen LogP contribution in [0.5, 0.6) is 0 Å². The van der Waals surface area contributed by atoms with E-state index in [1.807, 2.05) is 48.5 Å². The standard InChI is InChI=1S/C33H43ClN6O8P2/c1-3-28(41)20-24-7-4-8-25(19-24)32-29(34)23-36-33(38-32)37-27-10-5-9-26(21-27)35-11-6-12-39-13-15-40(16-14-39)17-18-48-30(42)22-31(49(2,43)44)50(45,46)47/h3-5,7-10,19,21,23,31,35H,1,6,11-18,20,22H2,2H3,(H,43,44)(H,36,37,38)(H2,45,46,47). The van der Waals surface area contributed by atoms with Crippen LogP contribution in [0.4, 0.5) is 17.3 Å². The van der Waals surface area contributed by atoms with Crippen molar-refractivity contribution in [2.45, 2.75) is 24.7 Å². The van der Waals surface area contributed by atoms with Crippen LogP contribution in [0.3, 0.4) is 0 Å². The normalized spacial score (nSPS) is 15.9. The van der Waals surface area contributed by atoms with E-state index in [0.717, 1.165) is 74.9 Å². The maximum absolute atomic E-state index is 12.1. The fraction of sp³-hybridized carbons (Fsp3) is 0.394. The number of ether oxygens (including phenoxy) is 1. The number of carbonyl (C=O) groups is 2. The first kappa shape index (κ1) is 39.3. The lowest BCUT2D eigenvalue weighted by molar-refractivity contribution is -0.144. The molecule has 3 aromatic rings. The molecule has 270 valence electrons. The average Bonchev–Trinajstić information content (AvgIpc) is 3.06. The molecule has 0 aliphatic carbocycles. The fourth-order valence-electron chi connectivity index (χ4n) is 5.40. The van der Waals surface area contributed by atoms with E-state index < -0.39 is 32.8 Å². The van der Waals surface area contributed by atoms with E-state index in [2.05, 4.69) is 37.0 Å². The highest BCUT2D eigenvalue weighted by atomic mass is 35.5. The summed E-state index contributed by atoms with van der Waals surface area (Å²) < 4.78 is 28.4. The predicted octanol–water partition coefficient (Wildman–Crippen LogP) is 4.60. The van der Waals surface area contributed by atoms with Crippen molar-refractivity contribution in [2.75, 3.05) is 69.7 Å². The van der Waals surface area contributed by atoms with Gasteiger partial charge in [0.15, 0.2) is 5.78 Å². The third-order valence-electron chi connectivity index (χ3n) is 8.08. The highest BCUT2D eigenvalue weighted by Gasteiger charge is 2.42. The van der Waals surface area contributed by atoms with Crippen LogP contribution in [0.2, 0.25) is 5.02 Å². The van der Waals surface area contributed by atoms with E-state index in [4.69, 9.17) is 16.3 Å². The van der Waals surface area contributed by atoms with Crippen molar-refractivity contribution in [3.63, 3.8) is 0 Å². The largest absolute Gasteiger partial charge is 0.464 e. The van der Waals surface area contributed by atoms with E-state index in [1.54, 1.807) is 6.20 Å². The van der Waals surface area contributed by atoms with Gasteiger partial charge in [-0.15, -0.1) is 0 Å². The number of aromatic nitrogens is 2. The van der Waals surface area contributed by atoms with Crippen molar-refractivity contribution >= 4 is 55.6 Å². The summed E-state index contributed by atoms with van der Waals surface area (Å²) in [5, 5.41) is 5.14. The molecule has 1 aliphatic heterocycles. The number of allylic oxidation sites excluding steroid dienone is 1. The molecule has 17 heteroatoms. The molecule has 2 heterocycles. The molecule has 2 aromatic carbocycles. The van der Waals surface area contributed by atoms with E-state index in [0.29, 0.717) is 23.2 Å². The number of nitrogens with one attached hydrogen (secondary N) is 2.